The number of carbonyl (C=O) groups excluding carboxylic acids is 1. The van der Waals surface area contributed by atoms with Gasteiger partial charge in [0.05, 0.1) is 0 Å². The summed E-state index contributed by atoms with van der Waals surface area (Å²) in [6.07, 6.45) is 0.419. The maximum atomic E-state index is 11.9. The molecule has 0 bridgehead atoms. The lowest BCUT2D eigenvalue weighted by Crippen LogP contribution is -2.60. The molecular weight excluding hydrogens is 206 g/mol. The van der Waals surface area contributed by atoms with Crippen molar-refractivity contribution >= 4 is 6.09 Å². The normalized spacial score (nSPS) is 31.4. The molecule has 1 saturated heterocycles. The predicted molar refractivity (Wildman–Crippen MR) is 63.0 cm³/mol. The number of hydrogen-bond donors (Lipinski definition) is 2. The van der Waals surface area contributed by atoms with Crippen molar-refractivity contribution in [2.24, 2.45) is 11.5 Å². The number of piperidine rings is 1. The standard InChI is InChI=1S/C11H23N3O2/c1-7-5-8(12)9(13)6-14(7)10(15)16-11(2,3)4/h7-9H,5-6,12-13H2,1-4H3/t7-,8+,9-/m1/s1. The van der Waals surface area contributed by atoms with E-state index in [0.29, 0.717) is 6.54 Å². The highest BCUT2D eigenvalue weighted by molar-refractivity contribution is 5.68. The molecule has 1 aliphatic heterocycles. The molecule has 1 fully saturated rings. The van der Waals surface area contributed by atoms with E-state index in [-0.39, 0.29) is 24.2 Å². The van der Waals surface area contributed by atoms with Crippen molar-refractivity contribution < 1.29 is 9.53 Å². The van der Waals surface area contributed by atoms with Gasteiger partial charge in [0.2, 0.25) is 0 Å². The first-order valence-electron chi connectivity index (χ1n) is 5.71. The Labute approximate surface area is 97.1 Å². The topological polar surface area (TPSA) is 81.6 Å². The van der Waals surface area contributed by atoms with Crippen molar-refractivity contribution in [3.05, 3.63) is 0 Å². The van der Waals surface area contributed by atoms with Crippen molar-refractivity contribution in [1.29, 1.82) is 0 Å². The van der Waals surface area contributed by atoms with Gasteiger partial charge in [-0.05, 0) is 34.1 Å². The van der Waals surface area contributed by atoms with Gasteiger partial charge in [0.1, 0.15) is 5.60 Å². The van der Waals surface area contributed by atoms with Crippen LogP contribution in [0.5, 0.6) is 0 Å². The Kier molecular flexibility index (Phi) is 3.80. The first-order valence-corrected chi connectivity index (χ1v) is 5.71. The SMILES string of the molecule is C[C@@H]1C[C@H](N)[C@H](N)CN1C(=O)OC(C)(C)C. The number of rotatable bonds is 0. The van der Waals surface area contributed by atoms with Gasteiger partial charge >= 0.3 is 6.09 Å². The van der Waals surface area contributed by atoms with E-state index in [9.17, 15) is 4.79 Å². The molecule has 1 amide bonds. The van der Waals surface area contributed by atoms with Gasteiger partial charge < -0.3 is 21.1 Å². The van der Waals surface area contributed by atoms with Crippen LogP contribution in [0.15, 0.2) is 0 Å². The molecular formula is C11H23N3O2. The minimum atomic E-state index is -0.472. The van der Waals surface area contributed by atoms with Crippen LogP contribution in [0, 0.1) is 0 Å². The average molecular weight is 229 g/mol. The maximum Gasteiger partial charge on any atom is 0.410 e. The number of amides is 1. The van der Waals surface area contributed by atoms with Crippen LogP contribution in [0.2, 0.25) is 0 Å². The van der Waals surface area contributed by atoms with Crippen LogP contribution in [-0.4, -0.2) is 41.3 Å². The fourth-order valence-corrected chi connectivity index (χ4v) is 1.81. The van der Waals surface area contributed by atoms with Gasteiger partial charge in [-0.3, -0.25) is 0 Å². The quantitative estimate of drug-likeness (QED) is 0.639. The summed E-state index contributed by atoms with van der Waals surface area (Å²) in [4.78, 5) is 13.5. The third-order valence-electron chi connectivity index (χ3n) is 2.73. The first-order chi connectivity index (χ1) is 7.20. The summed E-state index contributed by atoms with van der Waals surface area (Å²) in [5.41, 5.74) is 11.2. The second-order valence-corrected chi connectivity index (χ2v) is 5.55. The van der Waals surface area contributed by atoms with Crippen LogP contribution >= 0.6 is 0 Å². The molecule has 1 heterocycles. The van der Waals surface area contributed by atoms with Gasteiger partial charge in [0.15, 0.2) is 0 Å². The summed E-state index contributed by atoms with van der Waals surface area (Å²) in [5, 5.41) is 0. The zero-order valence-corrected chi connectivity index (χ0v) is 10.6. The Bertz CT molecular complexity index is 262. The highest BCUT2D eigenvalue weighted by atomic mass is 16.6. The molecule has 0 aromatic rings. The van der Waals surface area contributed by atoms with Crippen molar-refractivity contribution in [2.75, 3.05) is 6.54 Å². The number of hydrogen-bond acceptors (Lipinski definition) is 4. The van der Waals surface area contributed by atoms with E-state index in [1.807, 2.05) is 27.7 Å². The predicted octanol–water partition coefficient (Wildman–Crippen LogP) is 0.670. The lowest BCUT2D eigenvalue weighted by atomic mass is 9.96. The molecule has 16 heavy (non-hydrogen) atoms. The number of ether oxygens (including phenoxy) is 1. The van der Waals surface area contributed by atoms with E-state index in [0.717, 1.165) is 6.42 Å². The first kappa shape index (κ1) is 13.3. The second kappa shape index (κ2) is 4.59. The molecule has 5 heteroatoms. The second-order valence-electron chi connectivity index (χ2n) is 5.55. The molecule has 0 radical (unpaired) electrons. The molecule has 0 aromatic heterocycles. The van der Waals surface area contributed by atoms with Crippen LogP contribution in [-0.2, 0) is 4.74 Å². The summed E-state index contributed by atoms with van der Waals surface area (Å²) in [6, 6.07) is -0.109. The molecule has 4 N–H and O–H groups in total. The molecule has 0 unspecified atom stereocenters. The minimum Gasteiger partial charge on any atom is -0.444 e. The molecule has 1 aliphatic rings. The van der Waals surface area contributed by atoms with Crippen LogP contribution in [0.25, 0.3) is 0 Å². The molecule has 0 aromatic carbocycles. The summed E-state index contributed by atoms with van der Waals surface area (Å²) in [7, 11) is 0. The van der Waals surface area contributed by atoms with Crippen LogP contribution in [0.4, 0.5) is 4.79 Å². The zero-order chi connectivity index (χ0) is 12.5. The molecule has 0 spiro atoms. The largest absolute Gasteiger partial charge is 0.444 e. The number of carbonyl (C=O) groups is 1. The Hall–Kier alpha value is -0.810. The van der Waals surface area contributed by atoms with Gasteiger partial charge in [-0.2, -0.15) is 0 Å². The Morgan fingerprint density at radius 3 is 2.38 bits per heavy atom. The minimum absolute atomic E-state index is 0.0336. The van der Waals surface area contributed by atoms with Crippen molar-refractivity contribution in [3.8, 4) is 0 Å². The van der Waals surface area contributed by atoms with Crippen LogP contribution in [0.3, 0.4) is 0 Å². The van der Waals surface area contributed by atoms with Crippen molar-refractivity contribution in [3.63, 3.8) is 0 Å². The van der Waals surface area contributed by atoms with Gasteiger partial charge in [-0.1, -0.05) is 0 Å². The molecule has 1 rings (SSSR count). The summed E-state index contributed by atoms with van der Waals surface area (Å²) in [6.45, 7) is 7.99. The monoisotopic (exact) mass is 229 g/mol. The summed E-state index contributed by atoms with van der Waals surface area (Å²) < 4.78 is 5.32. The van der Waals surface area contributed by atoms with Crippen LogP contribution in [0.1, 0.15) is 34.1 Å². The molecule has 5 nitrogen and oxygen atoms in total. The zero-order valence-electron chi connectivity index (χ0n) is 10.6. The van der Waals surface area contributed by atoms with E-state index >= 15 is 0 Å². The van der Waals surface area contributed by atoms with Gasteiger partial charge in [-0.15, -0.1) is 0 Å². The lowest BCUT2D eigenvalue weighted by Gasteiger charge is -2.40. The van der Waals surface area contributed by atoms with Crippen molar-refractivity contribution in [1.82, 2.24) is 4.90 Å². The Morgan fingerprint density at radius 2 is 1.88 bits per heavy atom. The number of nitrogens with two attached hydrogens (primary N) is 2. The Balaban J connectivity index is 2.62. The molecule has 94 valence electrons. The molecule has 3 atom stereocenters. The fourth-order valence-electron chi connectivity index (χ4n) is 1.81. The smallest absolute Gasteiger partial charge is 0.410 e. The number of nitrogens with zero attached hydrogens (tertiary/aromatic N) is 1. The fraction of sp³-hybridized carbons (Fsp3) is 0.909. The summed E-state index contributed by atoms with van der Waals surface area (Å²) in [5.74, 6) is 0. The molecule has 0 aliphatic carbocycles. The van der Waals surface area contributed by atoms with Gasteiger partial charge in [0.25, 0.3) is 0 Å². The average Bonchev–Trinajstić information content (AvgIpc) is 2.08. The maximum absolute atomic E-state index is 11.9. The van der Waals surface area contributed by atoms with Gasteiger partial charge in [0, 0.05) is 24.7 Å². The number of likely N-dealkylation sites (tertiary alicyclic amines) is 1. The Morgan fingerprint density at radius 1 is 1.31 bits per heavy atom. The van der Waals surface area contributed by atoms with E-state index < -0.39 is 5.60 Å². The third kappa shape index (κ3) is 3.35. The van der Waals surface area contributed by atoms with Crippen LogP contribution < -0.4 is 11.5 Å². The lowest BCUT2D eigenvalue weighted by molar-refractivity contribution is 0.00824. The van der Waals surface area contributed by atoms with Gasteiger partial charge in [-0.25, -0.2) is 4.79 Å². The molecule has 0 saturated carbocycles. The van der Waals surface area contributed by atoms with E-state index in [2.05, 4.69) is 0 Å². The summed E-state index contributed by atoms with van der Waals surface area (Å²) >= 11 is 0. The highest BCUT2D eigenvalue weighted by Gasteiger charge is 2.34. The van der Waals surface area contributed by atoms with Crippen molar-refractivity contribution in [2.45, 2.75) is 57.8 Å². The van der Waals surface area contributed by atoms with E-state index in [1.54, 1.807) is 4.90 Å². The van der Waals surface area contributed by atoms with E-state index in [1.165, 1.54) is 0 Å². The highest BCUT2D eigenvalue weighted by Crippen LogP contribution is 2.19. The van der Waals surface area contributed by atoms with E-state index in [4.69, 9.17) is 16.2 Å². The third-order valence-corrected chi connectivity index (χ3v) is 2.73.